The van der Waals surface area contributed by atoms with Crippen molar-refractivity contribution < 1.29 is 9.47 Å². The van der Waals surface area contributed by atoms with Crippen LogP contribution in [0.5, 0.6) is 0 Å². The zero-order valence-corrected chi connectivity index (χ0v) is 15.1. The molecule has 6 nitrogen and oxygen atoms in total. The average Bonchev–Trinajstić information content (AvgIpc) is 3.30. The molecule has 2 atom stereocenters. The fourth-order valence-corrected chi connectivity index (χ4v) is 2.95. The number of hydrogen-bond acceptors (Lipinski definition) is 4. The van der Waals surface area contributed by atoms with E-state index in [9.17, 15) is 0 Å². The number of rotatable bonds is 3. The average molecular weight is 410 g/mol. The van der Waals surface area contributed by atoms with Gasteiger partial charge in [-0.15, -0.1) is 24.0 Å². The van der Waals surface area contributed by atoms with Crippen molar-refractivity contribution >= 4 is 29.9 Å². The number of nitrogens with two attached hydrogens (primary N) is 1. The fourth-order valence-electron chi connectivity index (χ4n) is 2.95. The van der Waals surface area contributed by atoms with Crippen LogP contribution in [0.1, 0.15) is 19.8 Å². The molecule has 3 aliphatic rings. The molecule has 7 heteroatoms. The molecule has 3 fully saturated rings. The van der Waals surface area contributed by atoms with E-state index in [2.05, 4.69) is 21.7 Å². The molecule has 0 spiro atoms. The first-order chi connectivity index (χ1) is 9.72. The van der Waals surface area contributed by atoms with Crippen LogP contribution in [0.2, 0.25) is 0 Å². The summed E-state index contributed by atoms with van der Waals surface area (Å²) < 4.78 is 11.3. The van der Waals surface area contributed by atoms with Crippen LogP contribution in [-0.2, 0) is 9.47 Å². The van der Waals surface area contributed by atoms with E-state index in [1.807, 2.05) is 0 Å². The Kier molecular flexibility index (Phi) is 6.51. The number of morpholine rings is 2. The van der Waals surface area contributed by atoms with E-state index < -0.39 is 0 Å². The van der Waals surface area contributed by atoms with Crippen molar-refractivity contribution in [3.8, 4) is 0 Å². The van der Waals surface area contributed by atoms with Gasteiger partial charge in [0.05, 0.1) is 32.0 Å². The molecule has 0 amide bonds. The predicted octanol–water partition coefficient (Wildman–Crippen LogP) is 0.503. The first kappa shape index (κ1) is 17.2. The van der Waals surface area contributed by atoms with Gasteiger partial charge in [0.1, 0.15) is 0 Å². The van der Waals surface area contributed by atoms with Gasteiger partial charge in [-0.2, -0.15) is 0 Å². The molecule has 0 aromatic rings. The second-order valence-electron chi connectivity index (χ2n) is 6.05. The van der Waals surface area contributed by atoms with Gasteiger partial charge in [0.25, 0.3) is 0 Å². The van der Waals surface area contributed by atoms with Gasteiger partial charge < -0.3 is 20.1 Å². The first-order valence-corrected chi connectivity index (χ1v) is 7.74. The summed E-state index contributed by atoms with van der Waals surface area (Å²) in [4.78, 5) is 9.18. The summed E-state index contributed by atoms with van der Waals surface area (Å²) in [5, 5.41) is 0. The number of guanidine groups is 1. The monoisotopic (exact) mass is 410 g/mol. The van der Waals surface area contributed by atoms with Crippen LogP contribution in [-0.4, -0.2) is 79.9 Å². The van der Waals surface area contributed by atoms with Gasteiger partial charge in [0, 0.05) is 32.2 Å². The van der Waals surface area contributed by atoms with Crippen LogP contribution in [0.3, 0.4) is 0 Å². The number of aliphatic imine (C=N–C) groups is 1. The van der Waals surface area contributed by atoms with E-state index in [0.29, 0.717) is 12.5 Å². The summed E-state index contributed by atoms with van der Waals surface area (Å²) in [6, 6.07) is 0.808. The Morgan fingerprint density at radius 1 is 1.19 bits per heavy atom. The molecule has 2 heterocycles. The highest BCUT2D eigenvalue weighted by Crippen LogP contribution is 2.28. The zero-order chi connectivity index (χ0) is 13.9. The van der Waals surface area contributed by atoms with Crippen LogP contribution in [0.25, 0.3) is 0 Å². The van der Waals surface area contributed by atoms with Crippen molar-refractivity contribution in [2.75, 3.05) is 45.9 Å². The molecule has 2 aliphatic heterocycles. The lowest BCUT2D eigenvalue weighted by Gasteiger charge is -2.33. The summed E-state index contributed by atoms with van der Waals surface area (Å²) in [6.45, 7) is 8.02. The number of halogens is 1. The van der Waals surface area contributed by atoms with Gasteiger partial charge in [-0.25, -0.2) is 0 Å². The van der Waals surface area contributed by atoms with Gasteiger partial charge in [-0.3, -0.25) is 9.89 Å². The van der Waals surface area contributed by atoms with E-state index in [0.717, 1.165) is 45.4 Å². The molecule has 1 saturated carbocycles. The summed E-state index contributed by atoms with van der Waals surface area (Å²) >= 11 is 0. The molecule has 0 bridgehead atoms. The highest BCUT2D eigenvalue weighted by atomic mass is 127. The summed E-state index contributed by atoms with van der Waals surface area (Å²) in [6.07, 6.45) is 3.13. The minimum absolute atomic E-state index is 0. The first-order valence-electron chi connectivity index (χ1n) is 7.74. The third-order valence-electron chi connectivity index (χ3n) is 4.26. The van der Waals surface area contributed by atoms with Crippen LogP contribution < -0.4 is 5.73 Å². The van der Waals surface area contributed by atoms with Crippen molar-refractivity contribution in [1.29, 1.82) is 0 Å². The van der Waals surface area contributed by atoms with Crippen molar-refractivity contribution in [2.24, 2.45) is 10.7 Å². The van der Waals surface area contributed by atoms with Crippen LogP contribution in [0.15, 0.2) is 4.99 Å². The molecule has 0 aromatic heterocycles. The third kappa shape index (κ3) is 4.94. The molecular formula is C14H27IN4O2. The smallest absolute Gasteiger partial charge is 0.191 e. The Morgan fingerprint density at radius 2 is 1.95 bits per heavy atom. The minimum atomic E-state index is 0. The predicted molar refractivity (Wildman–Crippen MR) is 93.2 cm³/mol. The normalized spacial score (nSPS) is 31.9. The second-order valence-corrected chi connectivity index (χ2v) is 6.05. The topological polar surface area (TPSA) is 63.3 Å². The molecular weight excluding hydrogens is 383 g/mol. The number of hydrogen-bond donors (Lipinski definition) is 1. The Morgan fingerprint density at radius 3 is 2.67 bits per heavy atom. The fraction of sp³-hybridized carbons (Fsp3) is 0.929. The van der Waals surface area contributed by atoms with Gasteiger partial charge in [-0.05, 0) is 19.8 Å². The zero-order valence-electron chi connectivity index (χ0n) is 12.7. The molecule has 3 rings (SSSR count). The van der Waals surface area contributed by atoms with Crippen molar-refractivity contribution in [2.45, 2.75) is 38.0 Å². The molecule has 122 valence electrons. The van der Waals surface area contributed by atoms with Gasteiger partial charge in [0.15, 0.2) is 5.96 Å². The molecule has 2 saturated heterocycles. The molecule has 21 heavy (non-hydrogen) atoms. The van der Waals surface area contributed by atoms with Crippen molar-refractivity contribution in [3.63, 3.8) is 0 Å². The van der Waals surface area contributed by atoms with Gasteiger partial charge in [0.2, 0.25) is 0 Å². The maximum atomic E-state index is 6.09. The van der Waals surface area contributed by atoms with E-state index in [1.54, 1.807) is 0 Å². The van der Waals surface area contributed by atoms with Crippen molar-refractivity contribution in [1.82, 2.24) is 9.80 Å². The number of ether oxygens (including phenoxy) is 2. The molecule has 2 unspecified atom stereocenters. The lowest BCUT2D eigenvalue weighted by atomic mass is 10.2. The molecule has 0 aromatic carbocycles. The van der Waals surface area contributed by atoms with Gasteiger partial charge in [-0.1, -0.05) is 0 Å². The molecule has 1 aliphatic carbocycles. The second kappa shape index (κ2) is 7.94. The SMILES string of the molecule is CC1CN(C(N)=NCC2CN(C3CC3)CCO2)CCO1.I. The highest BCUT2D eigenvalue weighted by Gasteiger charge is 2.32. The Labute approximate surface area is 144 Å². The Bertz CT molecular complexity index is 365. The quantitative estimate of drug-likeness (QED) is 0.417. The highest BCUT2D eigenvalue weighted by molar-refractivity contribution is 14.0. The van der Waals surface area contributed by atoms with Gasteiger partial charge >= 0.3 is 0 Å². The third-order valence-corrected chi connectivity index (χ3v) is 4.26. The minimum Gasteiger partial charge on any atom is -0.375 e. The van der Waals surface area contributed by atoms with E-state index >= 15 is 0 Å². The standard InChI is InChI=1S/C14H26N4O2.HI/c1-11-9-18(5-6-19-11)14(15)16-8-13-10-17(4-7-20-13)12-2-3-12;/h11-13H,2-10H2,1H3,(H2,15,16);1H. The Hall–Kier alpha value is -0.120. The maximum absolute atomic E-state index is 6.09. The number of nitrogens with zero attached hydrogens (tertiary/aromatic N) is 3. The summed E-state index contributed by atoms with van der Waals surface area (Å²) in [7, 11) is 0. The Balaban J connectivity index is 0.00000161. The lowest BCUT2D eigenvalue weighted by Crippen LogP contribution is -2.49. The molecule has 0 radical (unpaired) electrons. The van der Waals surface area contributed by atoms with E-state index in [-0.39, 0.29) is 36.2 Å². The van der Waals surface area contributed by atoms with E-state index in [1.165, 1.54) is 12.8 Å². The van der Waals surface area contributed by atoms with Crippen molar-refractivity contribution in [3.05, 3.63) is 0 Å². The largest absolute Gasteiger partial charge is 0.375 e. The summed E-state index contributed by atoms with van der Waals surface area (Å²) in [5.41, 5.74) is 6.09. The lowest BCUT2D eigenvalue weighted by molar-refractivity contribution is -0.0262. The van der Waals surface area contributed by atoms with E-state index in [4.69, 9.17) is 15.2 Å². The van der Waals surface area contributed by atoms with Crippen LogP contribution >= 0.6 is 24.0 Å². The van der Waals surface area contributed by atoms with Crippen LogP contribution in [0, 0.1) is 0 Å². The molecule has 2 N–H and O–H groups in total. The maximum Gasteiger partial charge on any atom is 0.191 e. The van der Waals surface area contributed by atoms with Crippen LogP contribution in [0.4, 0.5) is 0 Å². The summed E-state index contributed by atoms with van der Waals surface area (Å²) in [5.74, 6) is 0.632.